The van der Waals surface area contributed by atoms with E-state index in [1.54, 1.807) is 0 Å². The molecule has 0 aromatic carbocycles. The molecular formula is C9H18IN. The van der Waals surface area contributed by atoms with Crippen LogP contribution in [0.5, 0.6) is 0 Å². The van der Waals surface area contributed by atoms with Crippen molar-refractivity contribution < 1.29 is 0 Å². The van der Waals surface area contributed by atoms with Gasteiger partial charge < -0.3 is 0 Å². The summed E-state index contributed by atoms with van der Waals surface area (Å²) in [6, 6.07) is 0. The van der Waals surface area contributed by atoms with E-state index >= 15 is 0 Å². The maximum Gasteiger partial charge on any atom is 0.0274 e. The van der Waals surface area contributed by atoms with Crippen LogP contribution >= 0.6 is 22.9 Å². The van der Waals surface area contributed by atoms with Crippen molar-refractivity contribution >= 4 is 22.9 Å². The van der Waals surface area contributed by atoms with E-state index in [0.29, 0.717) is 5.54 Å². The molecule has 0 aliphatic heterocycles. The van der Waals surface area contributed by atoms with Gasteiger partial charge in [-0.15, -0.1) is 0 Å². The van der Waals surface area contributed by atoms with E-state index in [-0.39, 0.29) is 0 Å². The minimum Gasteiger partial charge on any atom is -0.245 e. The van der Waals surface area contributed by atoms with Crippen LogP contribution in [0, 0.1) is 11.8 Å². The predicted octanol–water partition coefficient (Wildman–Crippen LogP) is 3.09. The van der Waals surface area contributed by atoms with Crippen LogP contribution in [0.1, 0.15) is 33.6 Å². The van der Waals surface area contributed by atoms with Gasteiger partial charge in [-0.2, -0.15) is 0 Å². The van der Waals surface area contributed by atoms with Gasteiger partial charge in [0.2, 0.25) is 0 Å². The van der Waals surface area contributed by atoms with Crippen molar-refractivity contribution in [2.45, 2.75) is 39.2 Å². The zero-order valence-corrected chi connectivity index (χ0v) is 10.1. The Bertz CT molecular complexity index is 136. The number of hydrogen-bond donors (Lipinski definition) is 0. The topological polar surface area (TPSA) is 3.24 Å². The number of nitrogens with zero attached hydrogens (tertiary/aromatic N) is 1. The molecule has 0 amide bonds. The van der Waals surface area contributed by atoms with Crippen LogP contribution in [-0.2, 0) is 0 Å². The fraction of sp³-hybridized carbons (Fsp3) is 1.00. The minimum atomic E-state index is 0.396. The summed E-state index contributed by atoms with van der Waals surface area (Å²) in [5, 5.41) is 0. The van der Waals surface area contributed by atoms with Crippen molar-refractivity contribution in [2.24, 2.45) is 11.8 Å². The van der Waals surface area contributed by atoms with Gasteiger partial charge in [0, 0.05) is 28.4 Å². The van der Waals surface area contributed by atoms with E-state index in [1.807, 2.05) is 0 Å². The first-order valence-electron chi connectivity index (χ1n) is 4.34. The summed E-state index contributed by atoms with van der Waals surface area (Å²) < 4.78 is 2.32. The summed E-state index contributed by atoms with van der Waals surface area (Å²) in [5.41, 5.74) is 0.396. The van der Waals surface area contributed by atoms with E-state index in [1.165, 1.54) is 12.8 Å². The fourth-order valence-electron chi connectivity index (χ4n) is 1.73. The third-order valence-electron chi connectivity index (χ3n) is 3.17. The lowest BCUT2D eigenvalue weighted by atomic mass is 9.67. The number of hydrogen-bond acceptors (Lipinski definition) is 1. The Morgan fingerprint density at radius 2 is 1.82 bits per heavy atom. The molecule has 0 aromatic heterocycles. The maximum absolute atomic E-state index is 2.40. The Morgan fingerprint density at radius 3 is 2.09 bits per heavy atom. The van der Waals surface area contributed by atoms with Crippen molar-refractivity contribution in [3.63, 3.8) is 0 Å². The highest BCUT2D eigenvalue weighted by atomic mass is 127. The lowest BCUT2D eigenvalue weighted by molar-refractivity contribution is 0.0761. The smallest absolute Gasteiger partial charge is 0.0274 e. The van der Waals surface area contributed by atoms with Crippen LogP contribution in [0.25, 0.3) is 0 Å². The second-order valence-electron chi connectivity index (χ2n) is 4.40. The molecule has 2 heteroatoms. The molecule has 0 radical (unpaired) electrons. The standard InChI is InChI=1S/C9H18IN/c1-7-5-8(6-7)9(2,3)11(4)10/h7-8H,5-6H2,1-4H3. The molecule has 0 unspecified atom stereocenters. The third-order valence-corrected chi connectivity index (χ3v) is 4.41. The van der Waals surface area contributed by atoms with Crippen LogP contribution in [-0.4, -0.2) is 15.7 Å². The molecule has 11 heavy (non-hydrogen) atoms. The molecule has 0 spiro atoms. The largest absolute Gasteiger partial charge is 0.245 e. The Labute approximate surface area is 84.0 Å². The molecule has 1 aliphatic rings. The molecule has 1 rings (SSSR count). The van der Waals surface area contributed by atoms with Gasteiger partial charge in [0.05, 0.1) is 0 Å². The molecule has 1 aliphatic carbocycles. The molecule has 1 nitrogen and oxygen atoms in total. The second-order valence-corrected chi connectivity index (χ2v) is 5.85. The Morgan fingerprint density at radius 1 is 1.36 bits per heavy atom. The molecule has 0 bridgehead atoms. The average Bonchev–Trinajstić information content (AvgIpc) is 1.80. The van der Waals surface area contributed by atoms with Gasteiger partial charge in [-0.3, -0.25) is 0 Å². The summed E-state index contributed by atoms with van der Waals surface area (Å²) in [4.78, 5) is 0. The third kappa shape index (κ3) is 1.89. The van der Waals surface area contributed by atoms with Gasteiger partial charge >= 0.3 is 0 Å². The summed E-state index contributed by atoms with van der Waals surface area (Å²) in [6.45, 7) is 7.03. The highest BCUT2D eigenvalue weighted by Crippen LogP contribution is 2.43. The summed E-state index contributed by atoms with van der Waals surface area (Å²) in [5.74, 6) is 1.88. The molecular weight excluding hydrogens is 249 g/mol. The normalized spacial score (nSPS) is 32.2. The van der Waals surface area contributed by atoms with Crippen molar-refractivity contribution in [3.05, 3.63) is 0 Å². The quantitative estimate of drug-likeness (QED) is 0.549. The van der Waals surface area contributed by atoms with Crippen LogP contribution in [0.3, 0.4) is 0 Å². The zero-order valence-electron chi connectivity index (χ0n) is 7.89. The highest BCUT2D eigenvalue weighted by Gasteiger charge is 2.39. The SMILES string of the molecule is CC1CC(C(C)(C)N(C)I)C1. The molecule has 1 fully saturated rings. The molecule has 1 saturated carbocycles. The van der Waals surface area contributed by atoms with Crippen molar-refractivity contribution in [3.8, 4) is 0 Å². The maximum atomic E-state index is 2.40. The Hall–Kier alpha value is 0.690. The molecule has 0 saturated heterocycles. The molecule has 0 N–H and O–H groups in total. The lowest BCUT2D eigenvalue weighted by Gasteiger charge is -2.47. The first-order chi connectivity index (χ1) is 4.94. The first kappa shape index (κ1) is 9.78. The second kappa shape index (κ2) is 3.21. The van der Waals surface area contributed by atoms with Crippen molar-refractivity contribution in [1.82, 2.24) is 3.11 Å². The predicted molar refractivity (Wildman–Crippen MR) is 57.8 cm³/mol. The van der Waals surface area contributed by atoms with Crippen LogP contribution in [0.2, 0.25) is 0 Å². The Kier molecular flexibility index (Phi) is 2.85. The lowest BCUT2D eigenvalue weighted by Crippen LogP contribution is -2.47. The van der Waals surface area contributed by atoms with E-state index in [9.17, 15) is 0 Å². The molecule has 0 heterocycles. The number of halogens is 1. The van der Waals surface area contributed by atoms with E-state index in [0.717, 1.165) is 11.8 Å². The van der Waals surface area contributed by atoms with Crippen LogP contribution < -0.4 is 0 Å². The van der Waals surface area contributed by atoms with Gasteiger partial charge in [-0.1, -0.05) is 6.92 Å². The number of rotatable bonds is 2. The summed E-state index contributed by atoms with van der Waals surface area (Å²) in [7, 11) is 2.17. The van der Waals surface area contributed by atoms with Crippen LogP contribution in [0.15, 0.2) is 0 Å². The van der Waals surface area contributed by atoms with Gasteiger partial charge in [0.25, 0.3) is 0 Å². The van der Waals surface area contributed by atoms with E-state index < -0.39 is 0 Å². The summed E-state index contributed by atoms with van der Waals surface area (Å²) >= 11 is 2.40. The first-order valence-corrected chi connectivity index (χ1v) is 5.30. The van der Waals surface area contributed by atoms with Crippen LogP contribution in [0.4, 0.5) is 0 Å². The van der Waals surface area contributed by atoms with Crippen molar-refractivity contribution in [2.75, 3.05) is 7.05 Å². The Balaban J connectivity index is 2.46. The van der Waals surface area contributed by atoms with E-state index in [2.05, 4.69) is 53.8 Å². The van der Waals surface area contributed by atoms with Gasteiger partial charge in [0.1, 0.15) is 0 Å². The summed E-state index contributed by atoms with van der Waals surface area (Å²) in [6.07, 6.45) is 2.83. The fourth-order valence-corrected chi connectivity index (χ4v) is 2.12. The zero-order chi connectivity index (χ0) is 8.65. The minimum absolute atomic E-state index is 0.396. The van der Waals surface area contributed by atoms with E-state index in [4.69, 9.17) is 0 Å². The average molecular weight is 267 g/mol. The molecule has 66 valence electrons. The highest BCUT2D eigenvalue weighted by molar-refractivity contribution is 14.1. The van der Waals surface area contributed by atoms with Gasteiger partial charge in [-0.05, 0) is 45.6 Å². The van der Waals surface area contributed by atoms with Gasteiger partial charge in [-0.25, -0.2) is 3.11 Å². The van der Waals surface area contributed by atoms with Gasteiger partial charge in [0.15, 0.2) is 0 Å². The molecule has 0 atom stereocenters. The van der Waals surface area contributed by atoms with Crippen molar-refractivity contribution in [1.29, 1.82) is 0 Å². The molecule has 0 aromatic rings. The monoisotopic (exact) mass is 267 g/mol.